The molecule has 0 bridgehead atoms. The maximum atomic E-state index is 11.2. The van der Waals surface area contributed by atoms with Crippen molar-refractivity contribution in [1.82, 2.24) is 10.2 Å². The Morgan fingerprint density at radius 1 is 1.19 bits per heavy atom. The van der Waals surface area contributed by atoms with Crippen LogP contribution in [0.4, 0.5) is 5.69 Å². The third-order valence-corrected chi connectivity index (χ3v) is 7.04. The van der Waals surface area contributed by atoms with Gasteiger partial charge in [0.05, 0.1) is 5.92 Å². The first-order chi connectivity index (χ1) is 13.0. The van der Waals surface area contributed by atoms with Crippen LogP contribution in [0.1, 0.15) is 37.7 Å². The molecule has 6 heteroatoms. The zero-order chi connectivity index (χ0) is 18.9. The normalized spacial score (nSPS) is 23.8. The second-order valence-corrected chi connectivity index (χ2v) is 9.02. The molecule has 0 amide bonds. The number of rotatable bonds is 4. The lowest BCUT2D eigenvalue weighted by atomic mass is 9.78. The maximum Gasteiger partial charge on any atom is 0.306 e. The number of nitrogens with one attached hydrogen (secondary N) is 1. The van der Waals surface area contributed by atoms with Crippen molar-refractivity contribution in [3.8, 4) is 0 Å². The summed E-state index contributed by atoms with van der Waals surface area (Å²) in [7, 11) is 0. The van der Waals surface area contributed by atoms with Gasteiger partial charge < -0.3 is 15.3 Å². The monoisotopic (exact) mass is 391 g/mol. The molecule has 148 valence electrons. The first-order valence-electron chi connectivity index (χ1n) is 10.2. The molecule has 0 atom stereocenters. The fraction of sp³-hybridized carbons (Fsp3) is 0.667. The van der Waals surface area contributed by atoms with E-state index in [9.17, 15) is 9.90 Å². The average Bonchev–Trinajstić information content (AvgIpc) is 3.05. The van der Waals surface area contributed by atoms with E-state index in [0.717, 1.165) is 37.7 Å². The van der Waals surface area contributed by atoms with E-state index in [-0.39, 0.29) is 5.92 Å². The Hall–Kier alpha value is -1.30. The van der Waals surface area contributed by atoms with Crippen molar-refractivity contribution in [2.75, 3.05) is 44.2 Å². The smallest absolute Gasteiger partial charge is 0.306 e. The van der Waals surface area contributed by atoms with Crippen LogP contribution in [0.2, 0.25) is 5.02 Å². The van der Waals surface area contributed by atoms with E-state index in [1.165, 1.54) is 43.6 Å². The van der Waals surface area contributed by atoms with Gasteiger partial charge in [-0.2, -0.15) is 0 Å². The Kier molecular flexibility index (Phi) is 5.62. The predicted octanol–water partition coefficient (Wildman–Crippen LogP) is 3.22. The highest BCUT2D eigenvalue weighted by Gasteiger charge is 2.39. The number of anilines is 1. The summed E-state index contributed by atoms with van der Waals surface area (Å²) >= 11 is 6.31. The zero-order valence-corrected chi connectivity index (χ0v) is 16.7. The quantitative estimate of drug-likeness (QED) is 0.825. The van der Waals surface area contributed by atoms with Gasteiger partial charge in [0.25, 0.3) is 0 Å². The third kappa shape index (κ3) is 4.25. The maximum absolute atomic E-state index is 11.2. The number of piperidine rings is 2. The number of carboxylic acid groups (broad SMARTS) is 1. The topological polar surface area (TPSA) is 55.8 Å². The molecule has 0 aliphatic carbocycles. The number of nitrogens with zero attached hydrogens (tertiary/aromatic N) is 2. The molecule has 3 aliphatic heterocycles. The largest absolute Gasteiger partial charge is 0.481 e. The van der Waals surface area contributed by atoms with Gasteiger partial charge in [-0.15, -0.1) is 0 Å². The van der Waals surface area contributed by atoms with Gasteiger partial charge in [-0.25, -0.2) is 0 Å². The summed E-state index contributed by atoms with van der Waals surface area (Å²) in [5, 5.41) is 13.5. The Bertz CT molecular complexity index is 682. The van der Waals surface area contributed by atoms with Gasteiger partial charge in [0.2, 0.25) is 0 Å². The van der Waals surface area contributed by atoms with Crippen molar-refractivity contribution in [3.05, 3.63) is 28.8 Å². The molecule has 0 saturated carbocycles. The lowest BCUT2D eigenvalue weighted by Gasteiger charge is -2.35. The Balaban J connectivity index is 1.45. The van der Waals surface area contributed by atoms with Crippen molar-refractivity contribution in [1.29, 1.82) is 0 Å². The molecule has 5 nitrogen and oxygen atoms in total. The zero-order valence-electron chi connectivity index (χ0n) is 15.9. The predicted molar refractivity (Wildman–Crippen MR) is 108 cm³/mol. The fourth-order valence-corrected chi connectivity index (χ4v) is 5.27. The highest BCUT2D eigenvalue weighted by atomic mass is 35.5. The molecule has 3 fully saturated rings. The van der Waals surface area contributed by atoms with Gasteiger partial charge in [0.15, 0.2) is 0 Å². The van der Waals surface area contributed by atoms with Gasteiger partial charge in [-0.3, -0.25) is 9.69 Å². The molecule has 3 aliphatic rings. The van der Waals surface area contributed by atoms with Crippen molar-refractivity contribution >= 4 is 23.3 Å². The van der Waals surface area contributed by atoms with Crippen LogP contribution in [0, 0.1) is 11.3 Å². The molecule has 3 saturated heterocycles. The molecule has 2 N–H and O–H groups in total. The summed E-state index contributed by atoms with van der Waals surface area (Å²) in [6.45, 7) is 7.21. The van der Waals surface area contributed by atoms with Crippen LogP contribution >= 0.6 is 11.6 Å². The highest BCUT2D eigenvalue weighted by Crippen LogP contribution is 2.40. The third-order valence-electron chi connectivity index (χ3n) is 6.81. The average molecular weight is 392 g/mol. The summed E-state index contributed by atoms with van der Waals surface area (Å²) in [6, 6.07) is 6.21. The van der Waals surface area contributed by atoms with Crippen molar-refractivity contribution in [3.63, 3.8) is 0 Å². The lowest BCUT2D eigenvalue weighted by Crippen LogP contribution is -2.39. The standard InChI is InChI=1S/C21H30ClN3O2/c22-18-2-1-17(14-24-12-7-21(15-24)5-8-23-9-6-21)19(13-18)25-10-3-16(4-11-25)20(26)27/h1-2,13,16,23H,3-12,14-15H2,(H,26,27). The fourth-order valence-electron chi connectivity index (χ4n) is 5.10. The van der Waals surface area contributed by atoms with E-state index < -0.39 is 5.97 Å². The van der Waals surface area contributed by atoms with Gasteiger partial charge in [0, 0.05) is 36.9 Å². The van der Waals surface area contributed by atoms with Crippen LogP contribution < -0.4 is 10.2 Å². The molecular weight excluding hydrogens is 362 g/mol. The molecule has 0 radical (unpaired) electrons. The molecular formula is C21H30ClN3O2. The minimum Gasteiger partial charge on any atom is -0.481 e. The second-order valence-electron chi connectivity index (χ2n) is 8.58. The van der Waals surface area contributed by atoms with Crippen LogP contribution in [0.3, 0.4) is 0 Å². The number of carbonyl (C=O) groups is 1. The molecule has 1 aromatic carbocycles. The SMILES string of the molecule is O=C(O)C1CCN(c2cc(Cl)ccc2CN2CCC3(CCNCC3)C2)CC1. The van der Waals surface area contributed by atoms with Gasteiger partial charge >= 0.3 is 5.97 Å². The molecule has 27 heavy (non-hydrogen) atoms. The van der Waals surface area contributed by atoms with E-state index in [4.69, 9.17) is 11.6 Å². The molecule has 1 aromatic rings. The van der Waals surface area contributed by atoms with Crippen molar-refractivity contribution in [2.24, 2.45) is 11.3 Å². The van der Waals surface area contributed by atoms with Gasteiger partial charge in [0.1, 0.15) is 0 Å². The molecule has 0 aromatic heterocycles. The van der Waals surface area contributed by atoms with E-state index in [0.29, 0.717) is 18.3 Å². The number of benzene rings is 1. The van der Waals surface area contributed by atoms with Crippen molar-refractivity contribution in [2.45, 2.75) is 38.6 Å². The first-order valence-corrected chi connectivity index (χ1v) is 10.6. The highest BCUT2D eigenvalue weighted by molar-refractivity contribution is 6.30. The molecule has 0 unspecified atom stereocenters. The number of halogens is 1. The number of carboxylic acids is 1. The van der Waals surface area contributed by atoms with Crippen LogP contribution in [-0.4, -0.2) is 55.2 Å². The molecule has 3 heterocycles. The minimum absolute atomic E-state index is 0.206. The first kappa shape index (κ1) is 19.0. The van der Waals surface area contributed by atoms with Crippen LogP contribution in [0.5, 0.6) is 0 Å². The number of likely N-dealkylation sites (tertiary alicyclic amines) is 1. The van der Waals surface area contributed by atoms with Crippen LogP contribution in [0.25, 0.3) is 0 Å². The number of hydrogen-bond donors (Lipinski definition) is 2. The second kappa shape index (κ2) is 7.98. The summed E-state index contributed by atoms with van der Waals surface area (Å²) in [5.41, 5.74) is 3.02. The van der Waals surface area contributed by atoms with Gasteiger partial charge in [-0.1, -0.05) is 17.7 Å². The summed E-state index contributed by atoms with van der Waals surface area (Å²) in [6.07, 6.45) is 5.31. The van der Waals surface area contributed by atoms with E-state index >= 15 is 0 Å². The van der Waals surface area contributed by atoms with Crippen LogP contribution in [-0.2, 0) is 11.3 Å². The minimum atomic E-state index is -0.662. The lowest BCUT2D eigenvalue weighted by molar-refractivity contribution is -0.142. The van der Waals surface area contributed by atoms with E-state index in [1.807, 2.05) is 6.07 Å². The van der Waals surface area contributed by atoms with Crippen LogP contribution in [0.15, 0.2) is 18.2 Å². The Morgan fingerprint density at radius 3 is 2.63 bits per heavy atom. The summed E-state index contributed by atoms with van der Waals surface area (Å²) in [4.78, 5) is 16.2. The Morgan fingerprint density at radius 2 is 1.93 bits per heavy atom. The summed E-state index contributed by atoms with van der Waals surface area (Å²) in [5.74, 6) is -0.868. The van der Waals surface area contributed by atoms with E-state index in [2.05, 4.69) is 27.2 Å². The Labute approximate surface area is 166 Å². The van der Waals surface area contributed by atoms with E-state index in [1.54, 1.807) is 0 Å². The number of hydrogen-bond acceptors (Lipinski definition) is 4. The number of aliphatic carboxylic acids is 1. The molecule has 1 spiro atoms. The summed E-state index contributed by atoms with van der Waals surface area (Å²) < 4.78 is 0. The molecule has 4 rings (SSSR count). The van der Waals surface area contributed by atoms with Crippen molar-refractivity contribution < 1.29 is 9.90 Å². The van der Waals surface area contributed by atoms with Gasteiger partial charge in [-0.05, 0) is 74.8 Å².